The first kappa shape index (κ1) is 15.4. The van der Waals surface area contributed by atoms with E-state index in [2.05, 4.69) is 27.5 Å². The van der Waals surface area contributed by atoms with Crippen molar-refractivity contribution in [3.8, 4) is 0 Å². The molecule has 0 bridgehead atoms. The lowest BCUT2D eigenvalue weighted by Gasteiger charge is -2.11. The largest absolute Gasteiger partial charge is 0.363 e. The Hall–Kier alpha value is -2.09. The van der Waals surface area contributed by atoms with Gasteiger partial charge in [-0.3, -0.25) is 4.68 Å². The Balaban J connectivity index is 1.64. The van der Waals surface area contributed by atoms with E-state index in [-0.39, 0.29) is 0 Å². The quantitative estimate of drug-likeness (QED) is 0.767. The normalized spacial score (nSPS) is 15.4. The first-order valence-electron chi connectivity index (χ1n) is 8.49. The molecule has 3 aromatic heterocycles. The molecule has 1 N–H and O–H groups in total. The first-order valence-corrected chi connectivity index (χ1v) is 9.31. The summed E-state index contributed by atoms with van der Waals surface area (Å²) >= 11 is 1.64. The van der Waals surface area contributed by atoms with Gasteiger partial charge in [0.15, 0.2) is 5.65 Å². The smallest absolute Gasteiger partial charge is 0.163 e. The predicted molar refractivity (Wildman–Crippen MR) is 94.1 cm³/mol. The maximum atomic E-state index is 4.82. The van der Waals surface area contributed by atoms with E-state index in [0.29, 0.717) is 12.5 Å². The highest BCUT2D eigenvalue weighted by Crippen LogP contribution is 2.34. The summed E-state index contributed by atoms with van der Waals surface area (Å²) < 4.78 is 1.82. The molecule has 3 heterocycles. The molecule has 0 amide bonds. The lowest BCUT2D eigenvalue weighted by molar-refractivity contribution is 0.667. The van der Waals surface area contributed by atoms with E-state index < -0.39 is 0 Å². The van der Waals surface area contributed by atoms with Gasteiger partial charge in [-0.2, -0.15) is 5.10 Å². The van der Waals surface area contributed by atoms with Gasteiger partial charge in [0.2, 0.25) is 0 Å². The first-order chi connectivity index (χ1) is 11.7. The molecule has 0 spiro atoms. The summed E-state index contributed by atoms with van der Waals surface area (Å²) in [6, 6.07) is 0. The molecule has 126 valence electrons. The highest BCUT2D eigenvalue weighted by Gasteiger charge is 2.22. The van der Waals surface area contributed by atoms with E-state index in [0.717, 1.165) is 39.1 Å². The van der Waals surface area contributed by atoms with Gasteiger partial charge in [0.05, 0.1) is 18.1 Å². The molecule has 24 heavy (non-hydrogen) atoms. The zero-order valence-corrected chi connectivity index (χ0v) is 14.8. The summed E-state index contributed by atoms with van der Waals surface area (Å²) in [4.78, 5) is 9.59. The Morgan fingerprint density at radius 2 is 2.00 bits per heavy atom. The number of aryl methyl sites for hydroxylation is 2. The van der Waals surface area contributed by atoms with Crippen LogP contribution in [0.5, 0.6) is 0 Å². The Bertz CT molecular complexity index is 847. The molecule has 1 saturated carbocycles. The Kier molecular flexibility index (Phi) is 4.13. The monoisotopic (exact) mass is 343 g/mol. The number of nitrogens with one attached hydrogen (secondary N) is 1. The molecule has 0 saturated heterocycles. The number of nitrogens with zero attached hydrogens (tertiary/aromatic N) is 6. The molecule has 0 radical (unpaired) electrons. The molecule has 7 nitrogen and oxygen atoms in total. The molecule has 1 aliphatic rings. The van der Waals surface area contributed by atoms with Gasteiger partial charge >= 0.3 is 0 Å². The maximum Gasteiger partial charge on any atom is 0.163 e. The topological polar surface area (TPSA) is 81.4 Å². The molecule has 8 heteroatoms. The van der Waals surface area contributed by atoms with Gasteiger partial charge in [-0.15, -0.1) is 10.2 Å². The summed E-state index contributed by atoms with van der Waals surface area (Å²) in [5.41, 5.74) is 0.890. The second-order valence-corrected chi connectivity index (χ2v) is 7.36. The Morgan fingerprint density at radius 1 is 1.21 bits per heavy atom. The van der Waals surface area contributed by atoms with Crippen LogP contribution in [0.2, 0.25) is 0 Å². The summed E-state index contributed by atoms with van der Waals surface area (Å²) in [5, 5.41) is 19.2. The van der Waals surface area contributed by atoms with Crippen LogP contribution in [0.15, 0.2) is 6.20 Å². The van der Waals surface area contributed by atoms with Crippen molar-refractivity contribution in [1.82, 2.24) is 29.9 Å². The SMILES string of the molecule is CCc1nnc(CNc2nc(C3CCCC3)nc3c2cnn3C)s1. The predicted octanol–water partition coefficient (Wildman–Crippen LogP) is 3.05. The van der Waals surface area contributed by atoms with Crippen molar-refractivity contribution < 1.29 is 0 Å². The van der Waals surface area contributed by atoms with Crippen LogP contribution in [-0.2, 0) is 20.0 Å². The van der Waals surface area contributed by atoms with Gasteiger partial charge < -0.3 is 5.32 Å². The van der Waals surface area contributed by atoms with Crippen LogP contribution < -0.4 is 5.32 Å². The van der Waals surface area contributed by atoms with Crippen LogP contribution in [0.3, 0.4) is 0 Å². The van der Waals surface area contributed by atoms with Crippen LogP contribution in [0.4, 0.5) is 5.82 Å². The van der Waals surface area contributed by atoms with Gasteiger partial charge in [-0.25, -0.2) is 9.97 Å². The second-order valence-electron chi connectivity index (χ2n) is 6.21. The van der Waals surface area contributed by atoms with Gasteiger partial charge in [0.1, 0.15) is 21.7 Å². The fraction of sp³-hybridized carbons (Fsp3) is 0.562. The molecule has 0 aliphatic heterocycles. The van der Waals surface area contributed by atoms with Crippen LogP contribution >= 0.6 is 11.3 Å². The number of anilines is 1. The Labute approximate surface area is 144 Å². The number of aromatic nitrogens is 6. The van der Waals surface area contributed by atoms with Crippen molar-refractivity contribution in [3.63, 3.8) is 0 Å². The van der Waals surface area contributed by atoms with Crippen molar-refractivity contribution in [2.24, 2.45) is 7.05 Å². The van der Waals surface area contributed by atoms with Gasteiger partial charge in [-0.05, 0) is 19.3 Å². The molecule has 1 aliphatic carbocycles. The standard InChI is InChI=1S/C16H21N7S/c1-3-12-21-22-13(24-12)9-17-15-11-8-18-23(2)16(11)20-14(19-15)10-6-4-5-7-10/h8,10H,3-7,9H2,1-2H3,(H,17,19,20). The highest BCUT2D eigenvalue weighted by atomic mass is 32.1. The number of fused-ring (bicyclic) bond motifs is 1. The number of hydrogen-bond donors (Lipinski definition) is 1. The van der Waals surface area contributed by atoms with Gasteiger partial charge in [0.25, 0.3) is 0 Å². The minimum Gasteiger partial charge on any atom is -0.363 e. The minimum absolute atomic E-state index is 0.470. The highest BCUT2D eigenvalue weighted by molar-refractivity contribution is 7.11. The molecule has 0 atom stereocenters. The van der Waals surface area contributed by atoms with Crippen molar-refractivity contribution >= 4 is 28.2 Å². The summed E-state index contributed by atoms with van der Waals surface area (Å²) in [6.45, 7) is 2.72. The van der Waals surface area contributed by atoms with Crippen molar-refractivity contribution in [2.75, 3.05) is 5.32 Å². The maximum absolute atomic E-state index is 4.82. The molecular weight excluding hydrogens is 322 g/mol. The summed E-state index contributed by atoms with van der Waals surface area (Å²) in [5.74, 6) is 2.26. The third kappa shape index (κ3) is 2.86. The molecule has 1 fully saturated rings. The molecule has 0 unspecified atom stereocenters. The summed E-state index contributed by atoms with van der Waals surface area (Å²) in [6.07, 6.45) is 7.64. The number of rotatable bonds is 5. The average Bonchev–Trinajstić information content (AvgIpc) is 3.34. The Morgan fingerprint density at radius 3 is 2.75 bits per heavy atom. The number of hydrogen-bond acceptors (Lipinski definition) is 7. The van der Waals surface area contributed by atoms with Crippen LogP contribution in [0.1, 0.15) is 54.4 Å². The molecular formula is C16H21N7S. The van der Waals surface area contributed by atoms with Crippen molar-refractivity contribution in [2.45, 2.75) is 51.5 Å². The minimum atomic E-state index is 0.470. The lowest BCUT2D eigenvalue weighted by atomic mass is 10.1. The van der Waals surface area contributed by atoms with E-state index in [1.807, 2.05) is 17.9 Å². The van der Waals surface area contributed by atoms with Crippen LogP contribution in [-0.4, -0.2) is 29.9 Å². The fourth-order valence-electron chi connectivity index (χ4n) is 3.20. The third-order valence-corrected chi connectivity index (χ3v) is 5.62. The fourth-order valence-corrected chi connectivity index (χ4v) is 3.93. The molecule has 0 aromatic carbocycles. The average molecular weight is 343 g/mol. The second kappa shape index (κ2) is 6.43. The third-order valence-electron chi connectivity index (χ3n) is 4.55. The lowest BCUT2D eigenvalue weighted by Crippen LogP contribution is -2.08. The van der Waals surface area contributed by atoms with Crippen molar-refractivity contribution in [3.05, 3.63) is 22.0 Å². The van der Waals surface area contributed by atoms with Gasteiger partial charge in [0, 0.05) is 13.0 Å². The molecule has 3 aromatic rings. The van der Waals surface area contributed by atoms with Crippen molar-refractivity contribution in [1.29, 1.82) is 0 Å². The summed E-state index contributed by atoms with van der Waals surface area (Å²) in [7, 11) is 1.93. The zero-order valence-electron chi connectivity index (χ0n) is 14.0. The van der Waals surface area contributed by atoms with Gasteiger partial charge in [-0.1, -0.05) is 31.1 Å². The van der Waals surface area contributed by atoms with E-state index >= 15 is 0 Å². The zero-order chi connectivity index (χ0) is 16.5. The van der Waals surface area contributed by atoms with Crippen LogP contribution in [0, 0.1) is 0 Å². The molecule has 4 rings (SSSR count). The van der Waals surface area contributed by atoms with Crippen LogP contribution in [0.25, 0.3) is 11.0 Å². The van der Waals surface area contributed by atoms with E-state index in [9.17, 15) is 0 Å². The van der Waals surface area contributed by atoms with E-state index in [4.69, 9.17) is 9.97 Å². The van der Waals surface area contributed by atoms with E-state index in [1.165, 1.54) is 25.7 Å². The van der Waals surface area contributed by atoms with E-state index in [1.54, 1.807) is 11.3 Å².